The van der Waals surface area contributed by atoms with Gasteiger partial charge in [0.05, 0.1) is 17.9 Å². The Hall–Kier alpha value is -1.79. The Morgan fingerprint density at radius 2 is 2.09 bits per heavy atom. The molecule has 1 aromatic heterocycles. The number of H-pyrrole nitrogens is 1. The van der Waals surface area contributed by atoms with Crippen molar-refractivity contribution in [1.82, 2.24) is 4.98 Å². The first kappa shape index (κ1) is 16.1. The van der Waals surface area contributed by atoms with Crippen LogP contribution in [-0.4, -0.2) is 22.9 Å². The van der Waals surface area contributed by atoms with E-state index >= 15 is 0 Å². The maximum Gasteiger partial charge on any atom is 0.167 e. The smallest absolute Gasteiger partial charge is 0.167 e. The van der Waals surface area contributed by atoms with Gasteiger partial charge in [0.2, 0.25) is 0 Å². The summed E-state index contributed by atoms with van der Waals surface area (Å²) in [4.78, 5) is 7.61. The molecule has 4 nitrogen and oxygen atoms in total. The predicted molar refractivity (Wildman–Crippen MR) is 100 cm³/mol. The fraction of sp³-hybridized carbons (Fsp3) is 0.118. The lowest BCUT2D eigenvalue weighted by atomic mass is 10.2. The molecule has 0 radical (unpaired) electrons. The molecule has 6 heteroatoms. The van der Waals surface area contributed by atoms with Crippen LogP contribution in [0.15, 0.2) is 50.5 Å². The molecule has 3 rings (SSSR count). The molecule has 23 heavy (non-hydrogen) atoms. The van der Waals surface area contributed by atoms with Gasteiger partial charge in [-0.3, -0.25) is 4.99 Å². The minimum absolute atomic E-state index is 0.0633. The normalized spacial score (nSPS) is 11.4. The first-order chi connectivity index (χ1) is 11.1. The van der Waals surface area contributed by atoms with Crippen LogP contribution >= 0.6 is 31.9 Å². The van der Waals surface area contributed by atoms with E-state index in [4.69, 9.17) is 4.74 Å². The van der Waals surface area contributed by atoms with Gasteiger partial charge in [-0.05, 0) is 69.1 Å². The molecule has 0 aliphatic heterocycles. The van der Waals surface area contributed by atoms with E-state index in [1.54, 1.807) is 12.3 Å². The van der Waals surface area contributed by atoms with Crippen LogP contribution in [0, 0.1) is 0 Å². The number of aromatic amines is 1. The molecule has 3 aromatic rings. The summed E-state index contributed by atoms with van der Waals surface area (Å²) in [6.45, 7) is 2.34. The van der Waals surface area contributed by atoms with Crippen LogP contribution in [0.4, 0.5) is 5.69 Å². The average Bonchev–Trinajstić information content (AvgIpc) is 3.00. The van der Waals surface area contributed by atoms with Crippen LogP contribution in [0.2, 0.25) is 0 Å². The van der Waals surface area contributed by atoms with Crippen molar-refractivity contribution in [3.05, 3.63) is 51.0 Å². The molecule has 0 bridgehead atoms. The number of nitrogens with one attached hydrogen (secondary N) is 1. The highest BCUT2D eigenvalue weighted by Gasteiger charge is 2.14. The molecule has 0 saturated heterocycles. The summed E-state index contributed by atoms with van der Waals surface area (Å²) in [5, 5.41) is 11.5. The van der Waals surface area contributed by atoms with Gasteiger partial charge in [0.25, 0.3) is 0 Å². The molecule has 0 aliphatic rings. The molecule has 0 unspecified atom stereocenters. The lowest BCUT2D eigenvalue weighted by Crippen LogP contribution is -1.95. The highest BCUT2D eigenvalue weighted by molar-refractivity contribution is 9.13. The minimum Gasteiger partial charge on any atom is -0.504 e. The van der Waals surface area contributed by atoms with Crippen molar-refractivity contribution in [2.45, 2.75) is 6.92 Å². The second-order valence-corrected chi connectivity index (χ2v) is 6.52. The van der Waals surface area contributed by atoms with Crippen molar-refractivity contribution in [1.29, 1.82) is 0 Å². The predicted octanol–water partition coefficient (Wildman–Crippen LogP) is 5.55. The van der Waals surface area contributed by atoms with Gasteiger partial charge in [0, 0.05) is 32.3 Å². The van der Waals surface area contributed by atoms with E-state index in [1.807, 2.05) is 37.4 Å². The number of aromatic nitrogens is 1. The summed E-state index contributed by atoms with van der Waals surface area (Å²) in [6, 6.07) is 9.60. The molecule has 118 valence electrons. The Morgan fingerprint density at radius 1 is 1.26 bits per heavy atom. The maximum absolute atomic E-state index is 10.4. The quantitative estimate of drug-likeness (QED) is 0.526. The lowest BCUT2D eigenvalue weighted by molar-refractivity contribution is 0.317. The number of ether oxygens (including phenoxy) is 1. The number of aromatic hydroxyl groups is 1. The highest BCUT2D eigenvalue weighted by Crippen LogP contribution is 2.40. The Kier molecular flexibility index (Phi) is 4.73. The number of nitrogens with zero attached hydrogens (tertiary/aromatic N) is 1. The van der Waals surface area contributed by atoms with Gasteiger partial charge in [-0.25, -0.2) is 0 Å². The van der Waals surface area contributed by atoms with Crippen LogP contribution < -0.4 is 4.74 Å². The molecule has 0 saturated carbocycles. The largest absolute Gasteiger partial charge is 0.504 e. The number of benzene rings is 2. The van der Waals surface area contributed by atoms with Crippen LogP contribution in [0.1, 0.15) is 12.5 Å². The number of rotatable bonds is 4. The Morgan fingerprint density at radius 3 is 2.87 bits per heavy atom. The van der Waals surface area contributed by atoms with Crippen molar-refractivity contribution in [2.75, 3.05) is 6.61 Å². The number of phenols is 1. The van der Waals surface area contributed by atoms with Crippen molar-refractivity contribution >= 4 is 54.7 Å². The Bertz CT molecular complexity index is 888. The summed E-state index contributed by atoms with van der Waals surface area (Å²) < 4.78 is 6.97. The number of fused-ring (bicyclic) bond motifs is 1. The topological polar surface area (TPSA) is 57.6 Å². The number of aliphatic imine (C=N–C) groups is 1. The monoisotopic (exact) mass is 436 g/mol. The van der Waals surface area contributed by atoms with Crippen molar-refractivity contribution in [2.24, 2.45) is 4.99 Å². The van der Waals surface area contributed by atoms with Crippen LogP contribution in [-0.2, 0) is 0 Å². The van der Waals surface area contributed by atoms with Crippen molar-refractivity contribution in [3.8, 4) is 11.5 Å². The van der Waals surface area contributed by atoms with Gasteiger partial charge < -0.3 is 14.8 Å². The van der Waals surface area contributed by atoms with E-state index in [2.05, 4.69) is 41.8 Å². The van der Waals surface area contributed by atoms with Gasteiger partial charge in [-0.1, -0.05) is 0 Å². The lowest BCUT2D eigenvalue weighted by Gasteiger charge is -2.11. The molecule has 1 heterocycles. The zero-order valence-electron chi connectivity index (χ0n) is 12.3. The third-order valence-electron chi connectivity index (χ3n) is 3.37. The van der Waals surface area contributed by atoms with E-state index in [1.165, 1.54) is 0 Å². The minimum atomic E-state index is 0.0633. The molecule has 2 aromatic carbocycles. The third kappa shape index (κ3) is 3.28. The van der Waals surface area contributed by atoms with Gasteiger partial charge >= 0.3 is 0 Å². The fourth-order valence-corrected chi connectivity index (χ4v) is 3.08. The molecule has 0 fully saturated rings. The number of hydrogen-bond acceptors (Lipinski definition) is 3. The zero-order chi connectivity index (χ0) is 16.4. The Labute approximate surface area is 150 Å². The molecule has 0 amide bonds. The van der Waals surface area contributed by atoms with Gasteiger partial charge in [0.15, 0.2) is 11.5 Å². The van der Waals surface area contributed by atoms with Crippen molar-refractivity contribution < 1.29 is 9.84 Å². The average molecular weight is 438 g/mol. The SMILES string of the molecule is CCOc1cc(Br)c(Br)c(C=Nc2ccc3[nH]ccc3c2)c1O. The summed E-state index contributed by atoms with van der Waals surface area (Å²) in [5.41, 5.74) is 2.44. The maximum atomic E-state index is 10.4. The number of hydrogen-bond donors (Lipinski definition) is 2. The second kappa shape index (κ2) is 6.76. The van der Waals surface area contributed by atoms with E-state index < -0.39 is 0 Å². The Balaban J connectivity index is 2.00. The summed E-state index contributed by atoms with van der Waals surface area (Å²) >= 11 is 6.92. The van der Waals surface area contributed by atoms with Gasteiger partial charge in [0.1, 0.15) is 0 Å². The molecule has 0 atom stereocenters. The van der Waals surface area contributed by atoms with E-state index in [9.17, 15) is 5.11 Å². The van der Waals surface area contributed by atoms with Crippen molar-refractivity contribution in [3.63, 3.8) is 0 Å². The van der Waals surface area contributed by atoms with E-state index in [0.29, 0.717) is 17.9 Å². The highest BCUT2D eigenvalue weighted by atomic mass is 79.9. The van der Waals surface area contributed by atoms with Gasteiger partial charge in [-0.2, -0.15) is 0 Å². The van der Waals surface area contributed by atoms with Crippen LogP contribution in [0.5, 0.6) is 11.5 Å². The van der Waals surface area contributed by atoms with Crippen LogP contribution in [0.3, 0.4) is 0 Å². The molecular formula is C17H14Br2N2O2. The van der Waals surface area contributed by atoms with Gasteiger partial charge in [-0.15, -0.1) is 0 Å². The molecule has 0 aliphatic carbocycles. The summed E-state index contributed by atoms with van der Waals surface area (Å²) in [5.74, 6) is 0.485. The molecular weight excluding hydrogens is 424 g/mol. The molecule has 2 N–H and O–H groups in total. The standard InChI is InChI=1S/C17H14Br2N2O2/c1-2-23-15-8-13(18)16(19)12(17(15)22)9-21-11-3-4-14-10(7-11)5-6-20-14/h3-9,20,22H,2H2,1H3. The number of phenolic OH excluding ortho intramolecular Hbond substituents is 1. The first-order valence-corrected chi connectivity index (χ1v) is 8.63. The molecule has 0 spiro atoms. The fourth-order valence-electron chi connectivity index (χ4n) is 2.26. The summed E-state index contributed by atoms with van der Waals surface area (Å²) in [6.07, 6.45) is 3.52. The number of halogens is 2. The van der Waals surface area contributed by atoms with Crippen LogP contribution in [0.25, 0.3) is 10.9 Å². The zero-order valence-corrected chi connectivity index (χ0v) is 15.5. The summed E-state index contributed by atoms with van der Waals surface area (Å²) in [7, 11) is 0. The second-order valence-electron chi connectivity index (χ2n) is 4.87. The van der Waals surface area contributed by atoms with E-state index in [0.717, 1.165) is 25.5 Å². The van der Waals surface area contributed by atoms with E-state index in [-0.39, 0.29) is 5.75 Å². The first-order valence-electron chi connectivity index (χ1n) is 7.05. The third-order valence-corrected chi connectivity index (χ3v) is 5.38.